The number of fused-ring (bicyclic) bond motifs is 1. The normalized spacial score (nSPS) is 20.2. The molecule has 7 nitrogen and oxygen atoms in total. The van der Waals surface area contributed by atoms with Crippen LogP contribution in [0.25, 0.3) is 11.8 Å². The predicted molar refractivity (Wildman–Crippen MR) is 148 cm³/mol. The van der Waals surface area contributed by atoms with Crippen LogP contribution < -0.4 is 9.75 Å². The molecule has 2 saturated heterocycles. The molecule has 3 aliphatic rings. The molecule has 0 bridgehead atoms. The number of hydrazine groups is 1. The minimum atomic E-state index is -0.0345. The van der Waals surface area contributed by atoms with E-state index in [1.54, 1.807) is 7.11 Å². The first-order valence-corrected chi connectivity index (χ1v) is 13.2. The van der Waals surface area contributed by atoms with Gasteiger partial charge in [-0.2, -0.15) is 0 Å². The molecule has 0 saturated carbocycles. The number of aliphatic imine (C=N–C) groups is 1. The number of hydrogen-bond donors (Lipinski definition) is 0. The van der Waals surface area contributed by atoms with Gasteiger partial charge in [-0.3, -0.25) is 15.0 Å². The van der Waals surface area contributed by atoms with Crippen LogP contribution in [0.2, 0.25) is 0 Å². The van der Waals surface area contributed by atoms with E-state index in [9.17, 15) is 0 Å². The highest BCUT2D eigenvalue weighted by Crippen LogP contribution is 2.40. The fourth-order valence-electron chi connectivity index (χ4n) is 5.83. The van der Waals surface area contributed by atoms with Crippen LogP contribution in [0.4, 0.5) is 5.69 Å². The summed E-state index contributed by atoms with van der Waals surface area (Å²) in [6, 6.07) is 15.3. The first-order chi connectivity index (χ1) is 18.1. The van der Waals surface area contributed by atoms with Gasteiger partial charge in [-0.15, -0.1) is 0 Å². The molecule has 1 aromatic heterocycles. The molecule has 0 aliphatic carbocycles. The van der Waals surface area contributed by atoms with Crippen LogP contribution in [0.1, 0.15) is 42.5 Å². The monoisotopic (exact) mass is 497 g/mol. The fraction of sp³-hybridized carbons (Fsp3) is 0.400. The second-order valence-corrected chi connectivity index (χ2v) is 10.4. The standard InChI is InChI=1S/C30H35N5O2/c1-22-6-9-26(10-7-22)35-30(12-15-37-16-13-30)20-31-29-25(5-4-14-34(29)35)17-24-8-11-27(28(18-24)36-3)33-19-23(2)32-21-33/h6-11,17-19,21H,4-5,12-16,20H2,1-3H3. The molecular formula is C30H35N5O2. The number of benzene rings is 2. The number of hydrogen-bond acceptors (Lipinski definition) is 6. The maximum absolute atomic E-state index is 5.78. The lowest BCUT2D eigenvalue weighted by atomic mass is 9.86. The van der Waals surface area contributed by atoms with Gasteiger partial charge in [-0.05, 0) is 81.0 Å². The van der Waals surface area contributed by atoms with Crippen LogP contribution >= 0.6 is 0 Å². The van der Waals surface area contributed by atoms with Gasteiger partial charge in [-0.25, -0.2) is 4.98 Å². The van der Waals surface area contributed by atoms with Gasteiger partial charge in [0.15, 0.2) is 0 Å². The quantitative estimate of drug-likeness (QED) is 0.486. The summed E-state index contributed by atoms with van der Waals surface area (Å²) < 4.78 is 13.6. The molecule has 3 aromatic rings. The number of nitrogens with zero attached hydrogens (tertiary/aromatic N) is 5. The van der Waals surface area contributed by atoms with Gasteiger partial charge in [0.05, 0.1) is 42.6 Å². The first kappa shape index (κ1) is 23.8. The predicted octanol–water partition coefficient (Wildman–Crippen LogP) is 5.36. The van der Waals surface area contributed by atoms with Crippen molar-refractivity contribution in [2.24, 2.45) is 4.99 Å². The number of methoxy groups -OCH3 is 1. The van der Waals surface area contributed by atoms with Crippen molar-refractivity contribution < 1.29 is 9.47 Å². The number of amidine groups is 1. The van der Waals surface area contributed by atoms with Crippen LogP contribution in [0.3, 0.4) is 0 Å². The van der Waals surface area contributed by atoms with E-state index >= 15 is 0 Å². The molecule has 0 radical (unpaired) electrons. The Labute approximate surface area is 219 Å². The van der Waals surface area contributed by atoms with E-state index in [-0.39, 0.29) is 5.54 Å². The molecule has 192 valence electrons. The number of piperidine rings is 1. The van der Waals surface area contributed by atoms with E-state index < -0.39 is 0 Å². The third-order valence-corrected chi connectivity index (χ3v) is 7.80. The summed E-state index contributed by atoms with van der Waals surface area (Å²) in [5, 5.41) is 4.99. The first-order valence-electron chi connectivity index (χ1n) is 13.2. The molecule has 0 unspecified atom stereocenters. The maximum atomic E-state index is 5.78. The molecule has 0 atom stereocenters. The largest absolute Gasteiger partial charge is 0.495 e. The van der Waals surface area contributed by atoms with Crippen LogP contribution in [-0.4, -0.2) is 59.3 Å². The number of aromatic nitrogens is 2. The number of ether oxygens (including phenoxy) is 2. The van der Waals surface area contributed by atoms with Crippen LogP contribution in [0.5, 0.6) is 5.75 Å². The summed E-state index contributed by atoms with van der Waals surface area (Å²) in [6.45, 7) is 7.46. The van der Waals surface area contributed by atoms with Crippen molar-refractivity contribution in [3.63, 3.8) is 0 Å². The van der Waals surface area contributed by atoms with Gasteiger partial charge in [0.25, 0.3) is 0 Å². The van der Waals surface area contributed by atoms with Crippen molar-refractivity contribution >= 4 is 17.6 Å². The topological polar surface area (TPSA) is 55.1 Å². The average molecular weight is 498 g/mol. The van der Waals surface area contributed by atoms with Crippen LogP contribution in [-0.2, 0) is 4.74 Å². The van der Waals surface area contributed by atoms with Gasteiger partial charge >= 0.3 is 0 Å². The lowest BCUT2D eigenvalue weighted by Crippen LogP contribution is -2.67. The van der Waals surface area contributed by atoms with Crippen molar-refractivity contribution in [2.75, 3.05) is 38.4 Å². The SMILES string of the molecule is COc1cc(C=C2CCCN3C2=NCC2(CCOCC2)N3c2ccc(C)cc2)ccc1-n1cnc(C)c1. The van der Waals surface area contributed by atoms with Crippen molar-refractivity contribution in [1.29, 1.82) is 0 Å². The Morgan fingerprint density at radius 1 is 1.05 bits per heavy atom. The lowest BCUT2D eigenvalue weighted by molar-refractivity contribution is 0.0344. The van der Waals surface area contributed by atoms with Gasteiger partial charge < -0.3 is 14.0 Å². The summed E-state index contributed by atoms with van der Waals surface area (Å²) in [4.78, 5) is 9.61. The lowest BCUT2D eigenvalue weighted by Gasteiger charge is -2.56. The number of anilines is 1. The zero-order valence-corrected chi connectivity index (χ0v) is 22.0. The van der Waals surface area contributed by atoms with Crippen molar-refractivity contribution in [2.45, 2.75) is 45.1 Å². The van der Waals surface area contributed by atoms with Gasteiger partial charge in [-0.1, -0.05) is 23.8 Å². The minimum absolute atomic E-state index is 0.0345. The van der Waals surface area contributed by atoms with E-state index in [0.717, 1.165) is 80.5 Å². The van der Waals surface area contributed by atoms with E-state index in [1.165, 1.54) is 16.8 Å². The Morgan fingerprint density at radius 3 is 2.59 bits per heavy atom. The molecule has 37 heavy (non-hydrogen) atoms. The summed E-state index contributed by atoms with van der Waals surface area (Å²) >= 11 is 0. The van der Waals surface area contributed by atoms with Gasteiger partial charge in [0.1, 0.15) is 11.6 Å². The third kappa shape index (κ3) is 4.42. The highest BCUT2D eigenvalue weighted by atomic mass is 16.5. The summed E-state index contributed by atoms with van der Waals surface area (Å²) in [5.41, 5.74) is 6.83. The van der Waals surface area contributed by atoms with Crippen LogP contribution in [0, 0.1) is 13.8 Å². The van der Waals surface area contributed by atoms with E-state index in [0.29, 0.717) is 0 Å². The zero-order chi connectivity index (χ0) is 25.4. The molecule has 0 amide bonds. The molecule has 1 spiro atoms. The molecular weight excluding hydrogens is 462 g/mol. The van der Waals surface area contributed by atoms with E-state index in [1.807, 2.05) is 24.0 Å². The van der Waals surface area contributed by atoms with Gasteiger partial charge in [0, 0.05) is 26.0 Å². The minimum Gasteiger partial charge on any atom is -0.495 e. The van der Waals surface area contributed by atoms with E-state index in [4.69, 9.17) is 14.5 Å². The van der Waals surface area contributed by atoms with Crippen molar-refractivity contribution in [3.05, 3.63) is 77.4 Å². The zero-order valence-electron chi connectivity index (χ0n) is 22.0. The van der Waals surface area contributed by atoms with Crippen LogP contribution in [0.15, 0.2) is 65.6 Å². The summed E-state index contributed by atoms with van der Waals surface area (Å²) in [7, 11) is 1.72. The number of aryl methyl sites for hydroxylation is 2. The smallest absolute Gasteiger partial charge is 0.145 e. The molecule has 0 N–H and O–H groups in total. The number of imidazole rings is 1. The highest BCUT2D eigenvalue weighted by Gasteiger charge is 2.46. The Morgan fingerprint density at radius 2 is 1.86 bits per heavy atom. The molecule has 2 fully saturated rings. The van der Waals surface area contributed by atoms with Crippen molar-refractivity contribution in [1.82, 2.24) is 14.6 Å². The number of rotatable bonds is 4. The van der Waals surface area contributed by atoms with E-state index in [2.05, 4.69) is 70.5 Å². The Kier molecular flexibility index (Phi) is 6.24. The molecule has 6 rings (SSSR count). The fourth-order valence-corrected chi connectivity index (χ4v) is 5.83. The second kappa shape index (κ2) is 9.71. The van der Waals surface area contributed by atoms with Gasteiger partial charge in [0.2, 0.25) is 0 Å². The Bertz CT molecular complexity index is 1330. The molecule has 4 heterocycles. The molecule has 3 aliphatic heterocycles. The Balaban J connectivity index is 1.37. The van der Waals surface area contributed by atoms with Crippen molar-refractivity contribution in [3.8, 4) is 11.4 Å². The Hall–Kier alpha value is -3.58. The summed E-state index contributed by atoms with van der Waals surface area (Å²) in [5.74, 6) is 1.92. The molecule has 2 aromatic carbocycles. The third-order valence-electron chi connectivity index (χ3n) is 7.80. The molecule has 7 heteroatoms. The maximum Gasteiger partial charge on any atom is 0.145 e. The highest BCUT2D eigenvalue weighted by molar-refractivity contribution is 6.04. The summed E-state index contributed by atoms with van der Waals surface area (Å²) in [6.07, 6.45) is 10.2. The average Bonchev–Trinajstić information content (AvgIpc) is 3.36. The second-order valence-electron chi connectivity index (χ2n) is 10.4.